The van der Waals surface area contributed by atoms with Crippen LogP contribution in [0, 0.1) is 0 Å². The lowest BCUT2D eigenvalue weighted by atomic mass is 9.72. The Morgan fingerprint density at radius 3 is 2.50 bits per heavy atom. The van der Waals surface area contributed by atoms with Gasteiger partial charge in [0.2, 0.25) is 0 Å². The van der Waals surface area contributed by atoms with Crippen molar-refractivity contribution in [3.8, 4) is 0 Å². The number of benzene rings is 1. The van der Waals surface area contributed by atoms with Crippen molar-refractivity contribution in [1.29, 1.82) is 0 Å². The molecular formula is C22H28BN2O3. The van der Waals surface area contributed by atoms with Crippen LogP contribution in [0.4, 0.5) is 0 Å². The number of methoxy groups -OCH3 is 1. The van der Waals surface area contributed by atoms with E-state index in [0.29, 0.717) is 24.3 Å². The first-order valence-corrected chi connectivity index (χ1v) is 10.3. The van der Waals surface area contributed by atoms with Crippen molar-refractivity contribution in [2.75, 3.05) is 7.11 Å². The van der Waals surface area contributed by atoms with E-state index in [-0.39, 0.29) is 11.9 Å². The van der Waals surface area contributed by atoms with E-state index in [1.54, 1.807) is 0 Å². The van der Waals surface area contributed by atoms with E-state index in [1.165, 1.54) is 49.3 Å². The summed E-state index contributed by atoms with van der Waals surface area (Å²) in [6.07, 6.45) is 7.26. The van der Waals surface area contributed by atoms with E-state index in [0.717, 1.165) is 11.9 Å². The quantitative estimate of drug-likeness (QED) is 0.642. The van der Waals surface area contributed by atoms with E-state index in [4.69, 9.17) is 4.74 Å². The van der Waals surface area contributed by atoms with Crippen molar-refractivity contribution in [1.82, 2.24) is 9.88 Å². The molecule has 2 aliphatic rings. The average molecular weight is 379 g/mol. The molecule has 0 aliphatic heterocycles. The fourth-order valence-electron chi connectivity index (χ4n) is 5.01. The predicted octanol–water partition coefficient (Wildman–Crippen LogP) is 3.04. The minimum atomic E-state index is -0.855. The molecule has 1 aromatic carbocycles. The highest BCUT2D eigenvalue weighted by molar-refractivity contribution is 6.52. The molecule has 2 aliphatic carbocycles. The summed E-state index contributed by atoms with van der Waals surface area (Å²) in [5.74, 6) is 0.0447. The van der Waals surface area contributed by atoms with Gasteiger partial charge in [0.25, 0.3) is 5.91 Å². The third kappa shape index (κ3) is 2.94. The highest BCUT2D eigenvalue weighted by Gasteiger charge is 2.46. The molecule has 147 valence electrons. The summed E-state index contributed by atoms with van der Waals surface area (Å²) in [6, 6.07) is 5.93. The first-order chi connectivity index (χ1) is 13.5. The van der Waals surface area contributed by atoms with E-state index < -0.39 is 5.54 Å². The van der Waals surface area contributed by atoms with Crippen LogP contribution < -0.4 is 10.9 Å². The number of ether oxygens (including phenoxy) is 1. The van der Waals surface area contributed by atoms with Gasteiger partial charge in [-0.05, 0) is 61.3 Å². The summed E-state index contributed by atoms with van der Waals surface area (Å²) in [5.41, 5.74) is 3.48. The number of carbonyl (C=O) groups excluding carboxylic acids is 2. The number of aromatic nitrogens is 1. The fourth-order valence-corrected chi connectivity index (χ4v) is 5.01. The van der Waals surface area contributed by atoms with E-state index in [2.05, 4.69) is 37.1 Å². The Balaban J connectivity index is 1.69. The Labute approximate surface area is 167 Å². The van der Waals surface area contributed by atoms with Gasteiger partial charge in [-0.3, -0.25) is 4.79 Å². The molecule has 0 bridgehead atoms. The lowest BCUT2D eigenvalue weighted by molar-refractivity contribution is -0.152. The van der Waals surface area contributed by atoms with Gasteiger partial charge >= 0.3 is 5.97 Å². The average Bonchev–Trinajstić information content (AvgIpc) is 3.29. The maximum absolute atomic E-state index is 12.9. The molecule has 1 radical (unpaired) electrons. The normalized spacial score (nSPS) is 18.7. The number of hydrogen-bond acceptors (Lipinski definition) is 3. The lowest BCUT2D eigenvalue weighted by Crippen LogP contribution is -2.59. The van der Waals surface area contributed by atoms with Crippen LogP contribution in [0.3, 0.4) is 0 Å². The molecule has 0 saturated heterocycles. The summed E-state index contributed by atoms with van der Waals surface area (Å²) in [5, 5.41) is 4.18. The topological polar surface area (TPSA) is 60.3 Å². The molecule has 1 N–H and O–H groups in total. The van der Waals surface area contributed by atoms with Crippen molar-refractivity contribution in [3.05, 3.63) is 29.3 Å². The molecule has 0 spiro atoms. The van der Waals surface area contributed by atoms with Gasteiger partial charge in [-0.25, -0.2) is 4.79 Å². The molecule has 2 fully saturated rings. The summed E-state index contributed by atoms with van der Waals surface area (Å²) in [7, 11) is 5.62. The Kier molecular flexibility index (Phi) is 4.98. The molecule has 2 aromatic rings. The van der Waals surface area contributed by atoms with Crippen LogP contribution >= 0.6 is 0 Å². The van der Waals surface area contributed by atoms with Crippen LogP contribution in [0.15, 0.2) is 18.2 Å². The molecule has 1 aromatic heterocycles. The molecular weight excluding hydrogens is 351 g/mol. The zero-order chi connectivity index (χ0) is 19.9. The summed E-state index contributed by atoms with van der Waals surface area (Å²) in [6.45, 7) is 2.08. The first kappa shape index (κ1) is 19.1. The second kappa shape index (κ2) is 7.30. The van der Waals surface area contributed by atoms with Gasteiger partial charge < -0.3 is 14.6 Å². The van der Waals surface area contributed by atoms with Crippen molar-refractivity contribution in [2.24, 2.45) is 7.05 Å². The maximum atomic E-state index is 12.9. The number of esters is 1. The highest BCUT2D eigenvalue weighted by Crippen LogP contribution is 2.38. The fraction of sp³-hybridized carbons (Fsp3) is 0.545. The van der Waals surface area contributed by atoms with Crippen molar-refractivity contribution >= 4 is 35.7 Å². The van der Waals surface area contributed by atoms with E-state index in [9.17, 15) is 9.59 Å². The Morgan fingerprint density at radius 2 is 1.93 bits per heavy atom. The molecule has 28 heavy (non-hydrogen) atoms. The number of fused-ring (bicyclic) bond motifs is 1. The van der Waals surface area contributed by atoms with Gasteiger partial charge in [-0.2, -0.15) is 0 Å². The molecule has 0 unspecified atom stereocenters. The highest BCUT2D eigenvalue weighted by atomic mass is 16.5. The molecule has 4 rings (SSSR count). The Bertz CT molecular complexity index is 923. The number of amides is 1. The minimum Gasteiger partial charge on any atom is -0.467 e. The third-order valence-electron chi connectivity index (χ3n) is 6.72. The second-order valence-corrected chi connectivity index (χ2v) is 8.24. The molecule has 2 saturated carbocycles. The number of nitrogens with zero attached hydrogens (tertiary/aromatic N) is 1. The Morgan fingerprint density at radius 1 is 1.21 bits per heavy atom. The smallest absolute Gasteiger partial charge is 0.331 e. The van der Waals surface area contributed by atoms with E-state index in [1.807, 2.05) is 12.1 Å². The largest absolute Gasteiger partial charge is 0.467 e. The van der Waals surface area contributed by atoms with Crippen LogP contribution in [-0.2, 0) is 16.6 Å². The minimum absolute atomic E-state index is 0.211. The zero-order valence-corrected chi connectivity index (χ0v) is 17.0. The SMILES string of the molecule is C[B]c1c(C2CCCC2)c2ccc(C(=O)NC3(C(=O)OC)CCC3)cc2n1C. The Hall–Kier alpha value is -2.24. The summed E-state index contributed by atoms with van der Waals surface area (Å²) in [4.78, 5) is 25.0. The van der Waals surface area contributed by atoms with Crippen molar-refractivity contribution in [3.63, 3.8) is 0 Å². The maximum Gasteiger partial charge on any atom is 0.331 e. The summed E-state index contributed by atoms with van der Waals surface area (Å²) < 4.78 is 7.11. The molecule has 6 heteroatoms. The molecule has 1 amide bonds. The second-order valence-electron chi connectivity index (χ2n) is 8.24. The van der Waals surface area contributed by atoms with Gasteiger partial charge in [-0.1, -0.05) is 25.7 Å². The number of nitrogens with one attached hydrogen (secondary N) is 1. The first-order valence-electron chi connectivity index (χ1n) is 10.3. The monoisotopic (exact) mass is 379 g/mol. The van der Waals surface area contributed by atoms with E-state index >= 15 is 0 Å². The van der Waals surface area contributed by atoms with Crippen LogP contribution in [0.1, 0.15) is 66.8 Å². The standard InChI is InChI=1S/C22H28BN2O3/c1-23-19-18(14-7-4-5-8-14)16-10-9-15(13-17(16)25(19)2)20(26)24-22(11-6-12-22)21(27)28-3/h9-10,13-14H,4-8,11-12H2,1-3H3,(H,24,26). The third-order valence-corrected chi connectivity index (χ3v) is 6.72. The van der Waals surface area contributed by atoms with Gasteiger partial charge in [-0.15, -0.1) is 0 Å². The summed E-state index contributed by atoms with van der Waals surface area (Å²) >= 11 is 0. The van der Waals surface area contributed by atoms with Crippen molar-refractivity contribution < 1.29 is 14.3 Å². The molecule has 1 heterocycles. The number of carbonyl (C=O) groups is 2. The van der Waals surface area contributed by atoms with Crippen LogP contribution in [0.2, 0.25) is 6.82 Å². The molecule has 0 atom stereocenters. The van der Waals surface area contributed by atoms with Crippen LogP contribution in [0.5, 0.6) is 0 Å². The number of hydrogen-bond donors (Lipinski definition) is 1. The van der Waals surface area contributed by atoms with Crippen LogP contribution in [-0.4, -0.2) is 36.4 Å². The van der Waals surface area contributed by atoms with Gasteiger partial charge in [0.05, 0.1) is 7.11 Å². The molecule has 5 nitrogen and oxygen atoms in total. The zero-order valence-electron chi connectivity index (χ0n) is 17.0. The predicted molar refractivity (Wildman–Crippen MR) is 111 cm³/mol. The van der Waals surface area contributed by atoms with Gasteiger partial charge in [0, 0.05) is 23.5 Å². The number of rotatable bonds is 5. The van der Waals surface area contributed by atoms with Gasteiger partial charge in [0.1, 0.15) is 5.54 Å². The number of aryl methyl sites for hydroxylation is 1. The van der Waals surface area contributed by atoms with Gasteiger partial charge in [0.15, 0.2) is 7.28 Å². The van der Waals surface area contributed by atoms with Crippen LogP contribution in [0.25, 0.3) is 10.9 Å². The van der Waals surface area contributed by atoms with Crippen molar-refractivity contribution in [2.45, 2.75) is 63.2 Å². The lowest BCUT2D eigenvalue weighted by Gasteiger charge is -2.39.